The van der Waals surface area contributed by atoms with Crippen molar-refractivity contribution in [2.75, 3.05) is 0 Å². The van der Waals surface area contributed by atoms with Crippen molar-refractivity contribution in [2.24, 2.45) is 5.73 Å². The van der Waals surface area contributed by atoms with Crippen LogP contribution in [0.2, 0.25) is 0 Å². The molecule has 0 saturated carbocycles. The van der Waals surface area contributed by atoms with Crippen molar-refractivity contribution in [2.45, 2.75) is 39.2 Å². The van der Waals surface area contributed by atoms with E-state index in [1.54, 1.807) is 30.5 Å². The number of aryl methyl sites for hydroxylation is 1. The fraction of sp³-hybridized carbons (Fsp3) is 0.400. The van der Waals surface area contributed by atoms with E-state index >= 15 is 0 Å². The number of hydrogen-bond donors (Lipinski definition) is 2. The Morgan fingerprint density at radius 3 is 2.57 bits per heavy atom. The molecule has 2 rings (SSSR count). The third-order valence-corrected chi connectivity index (χ3v) is 3.62. The number of carbonyl (C=O) groups is 2. The second-order valence-electron chi connectivity index (χ2n) is 5.52. The molecule has 21 heavy (non-hydrogen) atoms. The van der Waals surface area contributed by atoms with Crippen LogP contribution in [-0.4, -0.2) is 26.5 Å². The number of carboxylic acid groups (broad SMARTS) is 1. The van der Waals surface area contributed by atoms with Crippen LogP contribution in [0.5, 0.6) is 0 Å². The van der Waals surface area contributed by atoms with Gasteiger partial charge in [0.15, 0.2) is 0 Å². The highest BCUT2D eigenvalue weighted by Crippen LogP contribution is 2.28. The summed E-state index contributed by atoms with van der Waals surface area (Å²) < 4.78 is 1.75. The van der Waals surface area contributed by atoms with Crippen LogP contribution in [0.25, 0.3) is 11.0 Å². The average Bonchev–Trinajstić information content (AvgIpc) is 2.76. The normalized spacial score (nSPS) is 11.8. The molecule has 0 radical (unpaired) electrons. The van der Waals surface area contributed by atoms with Gasteiger partial charge in [0, 0.05) is 6.42 Å². The largest absolute Gasteiger partial charge is 0.478 e. The Bertz CT molecular complexity index is 716. The molecule has 1 heterocycles. The molecule has 0 bridgehead atoms. The molecule has 112 valence electrons. The molecule has 0 atom stereocenters. The minimum Gasteiger partial charge on any atom is -0.478 e. The van der Waals surface area contributed by atoms with Crippen LogP contribution in [0.4, 0.5) is 0 Å². The number of aromatic nitrogens is 2. The zero-order valence-corrected chi connectivity index (χ0v) is 12.4. The van der Waals surface area contributed by atoms with Gasteiger partial charge in [-0.25, -0.2) is 9.78 Å². The first-order valence-electron chi connectivity index (χ1n) is 6.84. The average molecular weight is 289 g/mol. The van der Waals surface area contributed by atoms with Crippen LogP contribution in [0.3, 0.4) is 0 Å². The fourth-order valence-electron chi connectivity index (χ4n) is 2.45. The van der Waals surface area contributed by atoms with Gasteiger partial charge >= 0.3 is 5.97 Å². The minimum atomic E-state index is -1.04. The Morgan fingerprint density at radius 2 is 2.05 bits per heavy atom. The maximum Gasteiger partial charge on any atom is 0.337 e. The lowest BCUT2D eigenvalue weighted by atomic mass is 10.0. The first kappa shape index (κ1) is 15.0. The molecule has 0 spiro atoms. The predicted octanol–water partition coefficient (Wildman–Crippen LogP) is 1.91. The van der Waals surface area contributed by atoms with E-state index in [1.165, 1.54) is 6.07 Å². The second kappa shape index (κ2) is 5.20. The molecule has 6 nitrogen and oxygen atoms in total. The van der Waals surface area contributed by atoms with E-state index in [-0.39, 0.29) is 5.56 Å². The summed E-state index contributed by atoms with van der Waals surface area (Å²) in [4.78, 5) is 27.6. The van der Waals surface area contributed by atoms with Crippen molar-refractivity contribution in [3.05, 3.63) is 29.6 Å². The first-order chi connectivity index (χ1) is 9.80. The van der Waals surface area contributed by atoms with Crippen LogP contribution in [0.1, 0.15) is 43.4 Å². The molecule has 0 fully saturated rings. The zero-order chi connectivity index (χ0) is 15.8. The summed E-state index contributed by atoms with van der Waals surface area (Å²) in [5.41, 5.74) is 5.67. The van der Waals surface area contributed by atoms with Crippen LogP contribution < -0.4 is 5.73 Å². The Kier molecular flexibility index (Phi) is 3.72. The van der Waals surface area contributed by atoms with Crippen LogP contribution in [0, 0.1) is 0 Å². The van der Waals surface area contributed by atoms with Gasteiger partial charge in [-0.15, -0.1) is 0 Å². The molecule has 2 aromatic rings. The van der Waals surface area contributed by atoms with E-state index in [4.69, 9.17) is 5.73 Å². The number of nitrogens with two attached hydrogens (primary N) is 1. The molecule has 1 amide bonds. The summed E-state index contributed by atoms with van der Waals surface area (Å²) in [5.74, 6) is -0.852. The van der Waals surface area contributed by atoms with E-state index in [0.29, 0.717) is 23.3 Å². The monoisotopic (exact) mass is 289 g/mol. The van der Waals surface area contributed by atoms with E-state index < -0.39 is 17.4 Å². The second-order valence-corrected chi connectivity index (χ2v) is 5.52. The smallest absolute Gasteiger partial charge is 0.337 e. The minimum absolute atomic E-state index is 0.129. The zero-order valence-electron chi connectivity index (χ0n) is 12.4. The summed E-state index contributed by atoms with van der Waals surface area (Å²) in [6.45, 7) is 5.42. The maximum absolute atomic E-state index is 11.8. The van der Waals surface area contributed by atoms with E-state index in [2.05, 4.69) is 4.98 Å². The van der Waals surface area contributed by atoms with E-state index in [1.807, 2.05) is 6.92 Å². The molecule has 1 aromatic heterocycles. The van der Waals surface area contributed by atoms with Gasteiger partial charge in [-0.3, -0.25) is 4.79 Å². The van der Waals surface area contributed by atoms with Crippen molar-refractivity contribution in [1.29, 1.82) is 0 Å². The Morgan fingerprint density at radius 1 is 1.38 bits per heavy atom. The molecule has 3 N–H and O–H groups in total. The lowest BCUT2D eigenvalue weighted by molar-refractivity contribution is -0.125. The molecular weight excluding hydrogens is 270 g/mol. The fourth-order valence-corrected chi connectivity index (χ4v) is 2.45. The summed E-state index contributed by atoms with van der Waals surface area (Å²) in [5, 5.41) is 9.28. The highest BCUT2D eigenvalue weighted by molar-refractivity contribution is 6.01. The molecule has 0 aliphatic heterocycles. The SMILES string of the molecule is CCCc1nc2c(C(=O)O)cccc2n1C(C)(C)C(N)=O. The number of para-hydroxylation sites is 1. The Hall–Kier alpha value is -2.37. The summed E-state index contributed by atoms with van der Waals surface area (Å²) in [6, 6.07) is 4.92. The summed E-state index contributed by atoms with van der Waals surface area (Å²) in [7, 11) is 0. The van der Waals surface area contributed by atoms with Crippen LogP contribution in [0.15, 0.2) is 18.2 Å². The highest BCUT2D eigenvalue weighted by atomic mass is 16.4. The Labute approximate surface area is 122 Å². The number of rotatable bonds is 5. The van der Waals surface area contributed by atoms with Gasteiger partial charge in [0.25, 0.3) is 0 Å². The topological polar surface area (TPSA) is 98.2 Å². The molecule has 6 heteroatoms. The van der Waals surface area contributed by atoms with Gasteiger partial charge in [-0.2, -0.15) is 0 Å². The number of aromatic carboxylic acids is 1. The highest BCUT2D eigenvalue weighted by Gasteiger charge is 2.32. The summed E-state index contributed by atoms with van der Waals surface area (Å²) >= 11 is 0. The van der Waals surface area contributed by atoms with Crippen molar-refractivity contribution < 1.29 is 14.7 Å². The number of hydrogen-bond acceptors (Lipinski definition) is 3. The molecule has 0 unspecified atom stereocenters. The van der Waals surface area contributed by atoms with E-state index in [9.17, 15) is 14.7 Å². The van der Waals surface area contributed by atoms with Gasteiger partial charge < -0.3 is 15.4 Å². The molecular formula is C15H19N3O3. The number of benzene rings is 1. The lowest BCUT2D eigenvalue weighted by Crippen LogP contribution is -2.41. The first-order valence-corrected chi connectivity index (χ1v) is 6.84. The maximum atomic E-state index is 11.8. The lowest BCUT2D eigenvalue weighted by Gasteiger charge is -2.25. The third kappa shape index (κ3) is 2.37. The number of imidazole rings is 1. The van der Waals surface area contributed by atoms with Crippen LogP contribution >= 0.6 is 0 Å². The molecule has 1 aromatic carbocycles. The third-order valence-electron chi connectivity index (χ3n) is 3.62. The Balaban J connectivity index is 2.85. The van der Waals surface area contributed by atoms with E-state index in [0.717, 1.165) is 6.42 Å². The molecule has 0 aliphatic rings. The van der Waals surface area contributed by atoms with Gasteiger partial charge in [0.05, 0.1) is 11.1 Å². The number of carbonyl (C=O) groups excluding carboxylic acids is 1. The number of primary amides is 1. The molecule has 0 saturated heterocycles. The van der Waals surface area contributed by atoms with Gasteiger partial charge in [0.1, 0.15) is 16.9 Å². The predicted molar refractivity (Wildman–Crippen MR) is 79.2 cm³/mol. The quantitative estimate of drug-likeness (QED) is 0.878. The van der Waals surface area contributed by atoms with Gasteiger partial charge in [-0.1, -0.05) is 13.0 Å². The van der Waals surface area contributed by atoms with Gasteiger partial charge in [0.2, 0.25) is 5.91 Å². The summed E-state index contributed by atoms with van der Waals surface area (Å²) in [6.07, 6.45) is 1.48. The molecule has 0 aliphatic carbocycles. The van der Waals surface area contributed by atoms with Crippen molar-refractivity contribution in [3.8, 4) is 0 Å². The van der Waals surface area contributed by atoms with Gasteiger partial charge in [-0.05, 0) is 32.4 Å². The van der Waals surface area contributed by atoms with Crippen LogP contribution in [-0.2, 0) is 16.8 Å². The van der Waals surface area contributed by atoms with Crippen molar-refractivity contribution in [1.82, 2.24) is 9.55 Å². The number of nitrogens with zero attached hydrogens (tertiary/aromatic N) is 2. The number of amides is 1. The van der Waals surface area contributed by atoms with Crippen molar-refractivity contribution >= 4 is 22.9 Å². The number of fused-ring (bicyclic) bond motifs is 1. The standard InChI is InChI=1S/C15H19N3O3/c1-4-6-11-17-12-9(13(19)20)7-5-8-10(12)18(11)15(2,3)14(16)21/h5,7-8H,4,6H2,1-3H3,(H2,16,21)(H,19,20). The number of carboxylic acids is 1. The van der Waals surface area contributed by atoms with Crippen molar-refractivity contribution in [3.63, 3.8) is 0 Å².